The molecule has 1 aromatic carbocycles. The Hall–Kier alpha value is -2.58. The number of thiophene rings is 1. The van der Waals surface area contributed by atoms with Crippen LogP contribution >= 0.6 is 11.3 Å². The van der Waals surface area contributed by atoms with Crippen molar-refractivity contribution in [2.24, 2.45) is 0 Å². The van der Waals surface area contributed by atoms with Gasteiger partial charge in [0.2, 0.25) is 5.91 Å². The third-order valence-electron chi connectivity index (χ3n) is 4.95. The summed E-state index contributed by atoms with van der Waals surface area (Å²) in [5.41, 5.74) is 2.44. The van der Waals surface area contributed by atoms with E-state index in [0.29, 0.717) is 13.0 Å². The standard InChI is InChI=1S/C19H22N6OS/c1-14-4-6-15(7-5-14)11-24-12-16(25-13-21-22-23-25)9-18(24)19(26)20-10-17-3-2-8-27-17/h2-8,13,16,18H,9-12H2,1H3,(H,20,26)/t16-,18+/m1/s1. The lowest BCUT2D eigenvalue weighted by Gasteiger charge is -2.23. The van der Waals surface area contributed by atoms with Crippen LogP contribution in [0.2, 0.25) is 0 Å². The highest BCUT2D eigenvalue weighted by Gasteiger charge is 2.38. The van der Waals surface area contributed by atoms with Gasteiger partial charge in [-0.05, 0) is 40.8 Å². The molecule has 1 saturated heterocycles. The van der Waals surface area contributed by atoms with E-state index in [0.717, 1.165) is 18.0 Å². The maximum absolute atomic E-state index is 12.9. The van der Waals surface area contributed by atoms with Crippen molar-refractivity contribution >= 4 is 17.2 Å². The number of nitrogens with one attached hydrogen (secondary N) is 1. The Balaban J connectivity index is 1.47. The van der Waals surface area contributed by atoms with Gasteiger partial charge in [-0.2, -0.15) is 0 Å². The zero-order valence-corrected chi connectivity index (χ0v) is 16.0. The van der Waals surface area contributed by atoms with Crippen molar-refractivity contribution in [3.63, 3.8) is 0 Å². The number of amides is 1. The van der Waals surface area contributed by atoms with Gasteiger partial charge in [-0.3, -0.25) is 9.69 Å². The van der Waals surface area contributed by atoms with E-state index in [1.807, 2.05) is 17.5 Å². The van der Waals surface area contributed by atoms with Crippen molar-refractivity contribution < 1.29 is 4.79 Å². The molecule has 0 saturated carbocycles. The van der Waals surface area contributed by atoms with Gasteiger partial charge in [-0.25, -0.2) is 4.68 Å². The normalized spacial score (nSPS) is 20.0. The van der Waals surface area contributed by atoms with Crippen LogP contribution in [-0.2, 0) is 17.9 Å². The molecule has 4 rings (SSSR count). The first kappa shape index (κ1) is 17.8. The van der Waals surface area contributed by atoms with Gasteiger partial charge in [-0.1, -0.05) is 35.9 Å². The highest BCUT2D eigenvalue weighted by Crippen LogP contribution is 2.28. The number of tetrazole rings is 1. The Morgan fingerprint density at radius 1 is 1.30 bits per heavy atom. The molecule has 0 unspecified atom stereocenters. The largest absolute Gasteiger partial charge is 0.350 e. The number of aromatic nitrogens is 4. The van der Waals surface area contributed by atoms with Gasteiger partial charge in [0.05, 0.1) is 18.6 Å². The summed E-state index contributed by atoms with van der Waals surface area (Å²) in [5, 5.41) is 16.6. The molecule has 0 spiro atoms. The molecule has 27 heavy (non-hydrogen) atoms. The summed E-state index contributed by atoms with van der Waals surface area (Å²) in [7, 11) is 0. The fraction of sp³-hybridized carbons (Fsp3) is 0.368. The Morgan fingerprint density at radius 2 is 2.15 bits per heavy atom. The average molecular weight is 382 g/mol. The number of carbonyl (C=O) groups excluding carboxylic acids is 1. The van der Waals surface area contributed by atoms with E-state index >= 15 is 0 Å². The number of likely N-dealkylation sites (tertiary alicyclic amines) is 1. The molecule has 3 aromatic rings. The number of benzene rings is 1. The van der Waals surface area contributed by atoms with Gasteiger partial charge in [0, 0.05) is 18.0 Å². The third kappa shape index (κ3) is 4.23. The summed E-state index contributed by atoms with van der Waals surface area (Å²) >= 11 is 1.65. The lowest BCUT2D eigenvalue weighted by Crippen LogP contribution is -2.42. The maximum atomic E-state index is 12.9. The maximum Gasteiger partial charge on any atom is 0.237 e. The van der Waals surface area contributed by atoms with E-state index < -0.39 is 0 Å². The van der Waals surface area contributed by atoms with Crippen LogP contribution in [0.4, 0.5) is 0 Å². The molecule has 0 radical (unpaired) electrons. The number of nitrogens with zero attached hydrogens (tertiary/aromatic N) is 5. The predicted molar refractivity (Wildman–Crippen MR) is 103 cm³/mol. The van der Waals surface area contributed by atoms with E-state index in [1.165, 1.54) is 11.1 Å². The minimum Gasteiger partial charge on any atom is -0.350 e. The van der Waals surface area contributed by atoms with Crippen LogP contribution in [0.25, 0.3) is 0 Å². The lowest BCUT2D eigenvalue weighted by molar-refractivity contribution is -0.125. The molecule has 1 aliphatic heterocycles. The first-order valence-corrected chi connectivity index (χ1v) is 9.89. The molecule has 8 heteroatoms. The molecule has 1 N–H and O–H groups in total. The SMILES string of the molecule is Cc1ccc(CN2C[C@H](n3cnnn3)C[C@H]2C(=O)NCc2cccs2)cc1. The molecule has 1 fully saturated rings. The molecule has 1 amide bonds. The fourth-order valence-corrected chi connectivity index (χ4v) is 4.13. The van der Waals surface area contributed by atoms with E-state index in [4.69, 9.17) is 0 Å². The lowest BCUT2D eigenvalue weighted by atomic mass is 10.1. The van der Waals surface area contributed by atoms with Crippen LogP contribution < -0.4 is 5.32 Å². The highest BCUT2D eigenvalue weighted by molar-refractivity contribution is 7.09. The Kier molecular flexibility index (Phi) is 5.26. The van der Waals surface area contributed by atoms with Crippen molar-refractivity contribution in [2.75, 3.05) is 6.54 Å². The van der Waals surface area contributed by atoms with Crippen molar-refractivity contribution in [1.29, 1.82) is 0 Å². The van der Waals surface area contributed by atoms with Crippen LogP contribution in [0, 0.1) is 6.92 Å². The summed E-state index contributed by atoms with van der Waals surface area (Å²) in [6, 6.07) is 12.4. The highest BCUT2D eigenvalue weighted by atomic mass is 32.1. The Bertz CT molecular complexity index is 862. The van der Waals surface area contributed by atoms with Gasteiger partial charge < -0.3 is 5.32 Å². The smallest absolute Gasteiger partial charge is 0.237 e. The van der Waals surface area contributed by atoms with Gasteiger partial charge in [0.1, 0.15) is 6.33 Å². The van der Waals surface area contributed by atoms with E-state index in [-0.39, 0.29) is 18.0 Å². The molecule has 0 bridgehead atoms. The van der Waals surface area contributed by atoms with Crippen molar-refractivity contribution in [1.82, 2.24) is 30.4 Å². The molecule has 140 valence electrons. The summed E-state index contributed by atoms with van der Waals surface area (Å²) in [5.74, 6) is 0.0612. The molecule has 3 heterocycles. The van der Waals surface area contributed by atoms with Crippen molar-refractivity contribution in [3.05, 3.63) is 64.1 Å². The second kappa shape index (κ2) is 7.98. The van der Waals surface area contributed by atoms with Gasteiger partial charge in [0.15, 0.2) is 0 Å². The second-order valence-electron chi connectivity index (χ2n) is 6.91. The summed E-state index contributed by atoms with van der Waals surface area (Å²) in [6.45, 7) is 4.13. The average Bonchev–Trinajstić information content (AvgIpc) is 3.43. The second-order valence-corrected chi connectivity index (χ2v) is 7.94. The van der Waals surface area contributed by atoms with Gasteiger partial charge >= 0.3 is 0 Å². The van der Waals surface area contributed by atoms with Gasteiger partial charge in [-0.15, -0.1) is 16.4 Å². The minimum atomic E-state index is -0.194. The van der Waals surface area contributed by atoms with Crippen LogP contribution in [0.15, 0.2) is 48.1 Å². The monoisotopic (exact) mass is 382 g/mol. The van der Waals surface area contributed by atoms with Crippen LogP contribution in [0.1, 0.15) is 28.5 Å². The van der Waals surface area contributed by atoms with Gasteiger partial charge in [0.25, 0.3) is 0 Å². The fourth-order valence-electron chi connectivity index (χ4n) is 3.49. The molecule has 1 aliphatic rings. The quantitative estimate of drug-likeness (QED) is 0.707. The van der Waals surface area contributed by atoms with E-state index in [1.54, 1.807) is 22.3 Å². The number of hydrogen-bond acceptors (Lipinski definition) is 6. The molecule has 7 nitrogen and oxygen atoms in total. The summed E-state index contributed by atoms with van der Waals surface area (Å²) in [4.78, 5) is 16.3. The van der Waals surface area contributed by atoms with Crippen molar-refractivity contribution in [3.8, 4) is 0 Å². The van der Waals surface area contributed by atoms with Crippen molar-refractivity contribution in [2.45, 2.75) is 38.5 Å². The molecular formula is C19H22N6OS. The van der Waals surface area contributed by atoms with Crippen LogP contribution in [0.3, 0.4) is 0 Å². The number of aryl methyl sites for hydroxylation is 1. The first-order valence-electron chi connectivity index (χ1n) is 9.01. The number of hydrogen-bond donors (Lipinski definition) is 1. The van der Waals surface area contributed by atoms with Crippen LogP contribution in [0.5, 0.6) is 0 Å². The molecule has 2 aromatic heterocycles. The summed E-state index contributed by atoms with van der Waals surface area (Å²) in [6.07, 6.45) is 2.33. The Morgan fingerprint density at radius 3 is 2.85 bits per heavy atom. The zero-order chi connectivity index (χ0) is 18.6. The van der Waals surface area contributed by atoms with Crippen LogP contribution in [-0.4, -0.2) is 43.6 Å². The first-order chi connectivity index (χ1) is 13.2. The summed E-state index contributed by atoms with van der Waals surface area (Å²) < 4.78 is 1.76. The molecule has 2 atom stereocenters. The number of rotatable bonds is 6. The molecule has 0 aliphatic carbocycles. The topological polar surface area (TPSA) is 75.9 Å². The van der Waals surface area contributed by atoms with E-state index in [2.05, 4.69) is 56.9 Å². The third-order valence-corrected chi connectivity index (χ3v) is 5.82. The Labute approximate surface area is 162 Å². The predicted octanol–water partition coefficient (Wildman–Crippen LogP) is 2.18. The number of carbonyl (C=O) groups is 1. The zero-order valence-electron chi connectivity index (χ0n) is 15.2. The van der Waals surface area contributed by atoms with E-state index in [9.17, 15) is 4.79 Å². The molecular weight excluding hydrogens is 360 g/mol. The minimum absolute atomic E-state index is 0.0612.